The Morgan fingerprint density at radius 1 is 0.978 bits per heavy atom. The monoisotopic (exact) mass is 623 g/mol. The van der Waals surface area contributed by atoms with E-state index in [1.807, 2.05) is 11.0 Å². The van der Waals surface area contributed by atoms with Crippen molar-refractivity contribution in [3.05, 3.63) is 106 Å². The molecule has 0 unspecified atom stereocenters. The zero-order valence-corrected chi connectivity index (χ0v) is 25.1. The lowest BCUT2D eigenvalue weighted by Gasteiger charge is -2.28. The summed E-state index contributed by atoms with van der Waals surface area (Å²) in [7, 11) is 0. The molecule has 0 radical (unpaired) electrons. The fourth-order valence-corrected chi connectivity index (χ4v) is 5.00. The van der Waals surface area contributed by atoms with E-state index in [1.165, 1.54) is 12.1 Å². The molecule has 0 aliphatic carbocycles. The number of aliphatic carboxylic acids is 2. The predicted molar refractivity (Wildman–Crippen MR) is 171 cm³/mol. The number of imide groups is 1. The molecular formula is C34H33N5O7. The van der Waals surface area contributed by atoms with Gasteiger partial charge in [0.1, 0.15) is 17.9 Å². The highest BCUT2D eigenvalue weighted by atomic mass is 16.4. The number of nitrogens with zero attached hydrogens (tertiary/aromatic N) is 3. The van der Waals surface area contributed by atoms with Gasteiger partial charge in [-0.25, -0.2) is 9.78 Å². The Balaban J connectivity index is 1.62. The minimum Gasteiger partial charge on any atom is -0.480 e. The number of hydrogen-bond acceptors (Lipinski definition) is 8. The second-order valence-corrected chi connectivity index (χ2v) is 10.7. The second kappa shape index (κ2) is 14.8. The number of rotatable bonds is 13. The van der Waals surface area contributed by atoms with E-state index in [0.29, 0.717) is 39.4 Å². The number of carboxylic acid groups (broad SMARTS) is 2. The molecule has 0 fully saturated rings. The van der Waals surface area contributed by atoms with Crippen LogP contribution < -0.4 is 16.2 Å². The van der Waals surface area contributed by atoms with Gasteiger partial charge in [0, 0.05) is 30.6 Å². The fourth-order valence-electron chi connectivity index (χ4n) is 5.00. The molecule has 12 nitrogen and oxygen atoms in total. The van der Waals surface area contributed by atoms with Crippen molar-refractivity contribution in [1.29, 1.82) is 0 Å². The number of aromatic amines is 1. The number of carbonyl (C=O) groups is 4. The van der Waals surface area contributed by atoms with Crippen LogP contribution in [-0.4, -0.2) is 67.5 Å². The smallest absolute Gasteiger partial charge is 0.327 e. The van der Waals surface area contributed by atoms with Gasteiger partial charge >= 0.3 is 11.9 Å². The number of carboxylic acids is 2. The number of hydrogen-bond donors (Lipinski definition) is 4. The molecule has 4 aromatic rings. The zero-order valence-electron chi connectivity index (χ0n) is 25.1. The van der Waals surface area contributed by atoms with Crippen LogP contribution >= 0.6 is 0 Å². The summed E-state index contributed by atoms with van der Waals surface area (Å²) in [6, 6.07) is 17.1. The molecule has 0 saturated carbocycles. The predicted octanol–water partition coefficient (Wildman–Crippen LogP) is 2.73. The van der Waals surface area contributed by atoms with Crippen molar-refractivity contribution >= 4 is 40.3 Å². The van der Waals surface area contributed by atoms with Gasteiger partial charge in [-0.15, -0.1) is 6.42 Å². The van der Waals surface area contributed by atoms with Crippen molar-refractivity contribution in [2.75, 3.05) is 11.4 Å². The molecule has 4 rings (SSSR count). The molecule has 5 N–H and O–H groups in total. The summed E-state index contributed by atoms with van der Waals surface area (Å²) in [5.41, 5.74) is 7.93. The first kappa shape index (κ1) is 33.1. The Morgan fingerprint density at radius 2 is 1.67 bits per heavy atom. The molecule has 1 heterocycles. The van der Waals surface area contributed by atoms with E-state index in [0.717, 1.165) is 5.56 Å². The Kier molecular flexibility index (Phi) is 10.6. The van der Waals surface area contributed by atoms with Gasteiger partial charge in [0.05, 0.1) is 17.4 Å². The summed E-state index contributed by atoms with van der Waals surface area (Å²) < 4.78 is 0. The van der Waals surface area contributed by atoms with E-state index < -0.39 is 42.3 Å². The topological polar surface area (TPSA) is 187 Å². The molecule has 0 aliphatic heterocycles. The Hall–Kier alpha value is -5.80. The third-order valence-corrected chi connectivity index (χ3v) is 7.37. The van der Waals surface area contributed by atoms with Crippen LogP contribution in [0.25, 0.3) is 10.9 Å². The lowest BCUT2D eigenvalue weighted by Crippen LogP contribution is -2.50. The van der Waals surface area contributed by atoms with E-state index >= 15 is 0 Å². The van der Waals surface area contributed by atoms with Gasteiger partial charge in [-0.1, -0.05) is 42.3 Å². The molecular weight excluding hydrogens is 590 g/mol. The molecule has 2 amide bonds. The van der Waals surface area contributed by atoms with Crippen LogP contribution in [0.1, 0.15) is 40.2 Å². The summed E-state index contributed by atoms with van der Waals surface area (Å²) in [6.45, 7) is 2.22. The molecule has 3 aromatic carbocycles. The van der Waals surface area contributed by atoms with Crippen LogP contribution in [0.4, 0.5) is 5.69 Å². The maximum absolute atomic E-state index is 13.8. The number of aromatic nitrogens is 2. The molecule has 0 saturated heterocycles. The number of benzene rings is 3. The normalized spacial score (nSPS) is 12.1. The SMILES string of the molecule is C#CCN(Cc1ccc2nc(C)[nH]c(=O)c2c1)c1ccc(C(=O)N(C(=O)CC[C@H](N)C(=O)O)[C@H](Cc2ccccc2)C(=O)O)cc1. The van der Waals surface area contributed by atoms with E-state index in [-0.39, 0.29) is 30.5 Å². The maximum Gasteiger partial charge on any atom is 0.327 e. The van der Waals surface area contributed by atoms with Crippen LogP contribution in [0.2, 0.25) is 0 Å². The average Bonchev–Trinajstić information content (AvgIpc) is 3.03. The van der Waals surface area contributed by atoms with E-state index in [9.17, 15) is 29.1 Å². The Bertz CT molecular complexity index is 1850. The van der Waals surface area contributed by atoms with Gasteiger partial charge in [0.15, 0.2) is 0 Å². The van der Waals surface area contributed by atoms with E-state index in [4.69, 9.17) is 17.3 Å². The molecule has 0 aliphatic rings. The minimum absolute atomic E-state index is 0.0401. The molecule has 236 valence electrons. The highest BCUT2D eigenvalue weighted by Gasteiger charge is 2.35. The van der Waals surface area contributed by atoms with Crippen molar-refractivity contribution in [2.45, 2.75) is 44.8 Å². The number of amides is 2. The molecule has 46 heavy (non-hydrogen) atoms. The fraction of sp³-hybridized carbons (Fsp3) is 0.235. The van der Waals surface area contributed by atoms with Gasteiger partial charge in [0.25, 0.3) is 11.5 Å². The number of anilines is 1. The zero-order chi connectivity index (χ0) is 33.4. The van der Waals surface area contributed by atoms with Gasteiger partial charge in [-0.05, 0) is 60.9 Å². The highest BCUT2D eigenvalue weighted by Crippen LogP contribution is 2.22. The standard InChI is InChI=1S/C34H33N5O7/c1-3-17-38(20-23-9-15-28-26(18-23)31(41)37-21(2)36-28)25-12-10-24(11-13-25)32(42)39(30(40)16-14-27(35)33(43)44)29(34(45)46)19-22-7-5-4-6-8-22/h1,4-13,15,18,27,29H,14,16-17,19-20,35H2,2H3,(H,43,44)(H,45,46)(H,36,37,41)/t27-,29+/m0/s1. The van der Waals surface area contributed by atoms with Gasteiger partial charge < -0.3 is 25.8 Å². The number of aryl methyl sites for hydroxylation is 1. The first-order valence-corrected chi connectivity index (χ1v) is 14.4. The molecule has 0 spiro atoms. The van der Waals surface area contributed by atoms with Crippen molar-refractivity contribution in [3.63, 3.8) is 0 Å². The Morgan fingerprint density at radius 3 is 2.30 bits per heavy atom. The van der Waals surface area contributed by atoms with Crippen molar-refractivity contribution in [1.82, 2.24) is 14.9 Å². The second-order valence-electron chi connectivity index (χ2n) is 10.7. The number of fused-ring (bicyclic) bond motifs is 1. The van der Waals surface area contributed by atoms with E-state index in [2.05, 4.69) is 15.9 Å². The molecule has 2 atom stereocenters. The summed E-state index contributed by atoms with van der Waals surface area (Å²) in [4.78, 5) is 72.8. The molecule has 12 heteroatoms. The first-order chi connectivity index (χ1) is 22.0. The van der Waals surface area contributed by atoms with Crippen LogP contribution in [0.15, 0.2) is 77.6 Å². The van der Waals surface area contributed by atoms with Crippen LogP contribution in [-0.2, 0) is 27.3 Å². The third-order valence-electron chi connectivity index (χ3n) is 7.37. The average molecular weight is 624 g/mol. The van der Waals surface area contributed by atoms with Crippen LogP contribution in [0.3, 0.4) is 0 Å². The lowest BCUT2D eigenvalue weighted by molar-refractivity contribution is -0.148. The third kappa shape index (κ3) is 8.02. The number of carbonyl (C=O) groups excluding carboxylic acids is 2. The van der Waals surface area contributed by atoms with Crippen molar-refractivity contribution in [3.8, 4) is 12.3 Å². The Labute approximate surface area is 264 Å². The van der Waals surface area contributed by atoms with Crippen LogP contribution in [0.5, 0.6) is 0 Å². The highest BCUT2D eigenvalue weighted by molar-refractivity contribution is 6.07. The van der Waals surface area contributed by atoms with Gasteiger partial charge in [-0.3, -0.25) is 24.1 Å². The van der Waals surface area contributed by atoms with Crippen molar-refractivity contribution in [2.24, 2.45) is 5.73 Å². The quantitative estimate of drug-likeness (QED) is 0.161. The lowest BCUT2D eigenvalue weighted by atomic mass is 10.0. The van der Waals surface area contributed by atoms with Gasteiger partial charge in [-0.2, -0.15) is 0 Å². The summed E-state index contributed by atoms with van der Waals surface area (Å²) in [6.07, 6.45) is 4.75. The first-order valence-electron chi connectivity index (χ1n) is 14.4. The number of H-pyrrole nitrogens is 1. The van der Waals surface area contributed by atoms with E-state index in [1.54, 1.807) is 61.5 Å². The van der Waals surface area contributed by atoms with Crippen molar-refractivity contribution < 1.29 is 29.4 Å². The largest absolute Gasteiger partial charge is 0.480 e. The molecule has 1 aromatic heterocycles. The molecule has 0 bridgehead atoms. The summed E-state index contributed by atoms with van der Waals surface area (Å²) in [5.74, 6) is -1.33. The number of nitrogens with one attached hydrogen (secondary N) is 1. The number of terminal acetylenes is 1. The van der Waals surface area contributed by atoms with Gasteiger partial charge in [0.2, 0.25) is 5.91 Å². The maximum atomic E-state index is 13.8. The minimum atomic E-state index is -1.56. The summed E-state index contributed by atoms with van der Waals surface area (Å²) >= 11 is 0. The van der Waals surface area contributed by atoms with Crippen LogP contribution in [0, 0.1) is 19.3 Å². The number of nitrogens with two attached hydrogens (primary N) is 1. The summed E-state index contributed by atoms with van der Waals surface area (Å²) in [5, 5.41) is 19.7.